The van der Waals surface area contributed by atoms with Gasteiger partial charge in [0.15, 0.2) is 0 Å². The minimum Gasteiger partial charge on any atom is -0.332 e. The monoisotopic (exact) mass is 388 g/mol. The van der Waals surface area contributed by atoms with Crippen LogP contribution in [0.4, 0.5) is 5.69 Å². The van der Waals surface area contributed by atoms with Crippen molar-refractivity contribution >= 4 is 33.4 Å². The first-order valence-electron chi connectivity index (χ1n) is 7.66. The predicted octanol–water partition coefficient (Wildman–Crippen LogP) is 4.09. The molecule has 126 valence electrons. The second kappa shape index (κ2) is 7.62. The Balaban J connectivity index is 2.05. The summed E-state index contributed by atoms with van der Waals surface area (Å²) in [6.07, 6.45) is 0. The van der Waals surface area contributed by atoms with Crippen molar-refractivity contribution in [1.82, 2.24) is 4.90 Å². The minimum absolute atomic E-state index is 0.00171. The average Bonchev–Trinajstić information content (AvgIpc) is 2.51. The van der Waals surface area contributed by atoms with Gasteiger partial charge in [-0.05, 0) is 56.2 Å². The fraction of sp³-hybridized carbons (Fsp3) is 0.263. The Morgan fingerprint density at radius 1 is 1.04 bits per heavy atom. The van der Waals surface area contributed by atoms with Gasteiger partial charge in [0.05, 0.1) is 6.54 Å². The standard InChI is InChI=1S/C19H21BrN2O2/c1-12-5-6-13(2)16(9-12)19(24)22(4)11-18(23)21-17-8-7-15(20)10-14(17)3/h5-10H,11H2,1-4H3,(H,21,23). The maximum absolute atomic E-state index is 12.6. The number of nitrogens with one attached hydrogen (secondary N) is 1. The van der Waals surface area contributed by atoms with Crippen LogP contribution in [0.2, 0.25) is 0 Å². The minimum atomic E-state index is -0.221. The number of carbonyl (C=O) groups excluding carboxylic acids is 2. The lowest BCUT2D eigenvalue weighted by atomic mass is 10.0. The highest BCUT2D eigenvalue weighted by atomic mass is 79.9. The molecule has 1 N–H and O–H groups in total. The molecule has 0 aliphatic rings. The first-order valence-corrected chi connectivity index (χ1v) is 8.46. The zero-order valence-electron chi connectivity index (χ0n) is 14.3. The molecule has 2 amide bonds. The summed E-state index contributed by atoms with van der Waals surface area (Å²) in [6, 6.07) is 11.4. The van der Waals surface area contributed by atoms with E-state index < -0.39 is 0 Å². The number of likely N-dealkylation sites (N-methyl/N-ethyl adjacent to an activating group) is 1. The second-order valence-corrected chi connectivity index (χ2v) is 6.90. The number of carbonyl (C=O) groups is 2. The third kappa shape index (κ3) is 4.45. The predicted molar refractivity (Wildman–Crippen MR) is 100 cm³/mol. The molecule has 0 saturated heterocycles. The number of anilines is 1. The number of benzene rings is 2. The molecule has 0 aromatic heterocycles. The summed E-state index contributed by atoms with van der Waals surface area (Å²) < 4.78 is 0.959. The Bertz CT molecular complexity index is 787. The lowest BCUT2D eigenvalue weighted by Gasteiger charge is -2.19. The maximum atomic E-state index is 12.6. The molecule has 4 nitrogen and oxygen atoms in total. The maximum Gasteiger partial charge on any atom is 0.254 e. The Morgan fingerprint density at radius 2 is 1.75 bits per heavy atom. The molecule has 0 saturated carbocycles. The molecule has 2 aromatic carbocycles. The SMILES string of the molecule is Cc1ccc(C)c(C(=O)N(C)CC(=O)Nc2ccc(Br)cc2C)c1. The largest absolute Gasteiger partial charge is 0.332 e. The second-order valence-electron chi connectivity index (χ2n) is 5.99. The van der Waals surface area contributed by atoms with Crippen molar-refractivity contribution in [3.8, 4) is 0 Å². The average molecular weight is 389 g/mol. The molecule has 0 radical (unpaired) electrons. The van der Waals surface area contributed by atoms with E-state index in [-0.39, 0.29) is 18.4 Å². The van der Waals surface area contributed by atoms with E-state index in [9.17, 15) is 9.59 Å². The summed E-state index contributed by atoms with van der Waals surface area (Å²) in [7, 11) is 1.64. The first-order chi connectivity index (χ1) is 11.3. The molecule has 2 aromatic rings. The fourth-order valence-electron chi connectivity index (χ4n) is 2.42. The summed E-state index contributed by atoms with van der Waals surface area (Å²) >= 11 is 3.39. The number of hydrogen-bond acceptors (Lipinski definition) is 2. The Kier molecular flexibility index (Phi) is 5.78. The van der Waals surface area contributed by atoms with E-state index in [1.807, 2.05) is 57.2 Å². The van der Waals surface area contributed by atoms with Gasteiger partial charge in [0.2, 0.25) is 5.91 Å². The quantitative estimate of drug-likeness (QED) is 0.857. The van der Waals surface area contributed by atoms with Crippen LogP contribution < -0.4 is 5.32 Å². The number of hydrogen-bond donors (Lipinski definition) is 1. The van der Waals surface area contributed by atoms with Gasteiger partial charge in [0, 0.05) is 22.8 Å². The Labute approximate surface area is 151 Å². The molecule has 0 atom stereocenters. The van der Waals surface area contributed by atoms with Crippen molar-refractivity contribution in [2.45, 2.75) is 20.8 Å². The van der Waals surface area contributed by atoms with E-state index in [2.05, 4.69) is 21.2 Å². The van der Waals surface area contributed by atoms with Crippen molar-refractivity contribution in [3.63, 3.8) is 0 Å². The van der Waals surface area contributed by atoms with Gasteiger partial charge >= 0.3 is 0 Å². The molecule has 0 heterocycles. The molecular weight excluding hydrogens is 368 g/mol. The van der Waals surface area contributed by atoms with Crippen LogP contribution in [0.25, 0.3) is 0 Å². The summed E-state index contributed by atoms with van der Waals surface area (Å²) in [5.74, 6) is -0.375. The van der Waals surface area contributed by atoms with Gasteiger partial charge in [-0.3, -0.25) is 9.59 Å². The van der Waals surface area contributed by atoms with Gasteiger partial charge in [0.25, 0.3) is 5.91 Å². The highest BCUT2D eigenvalue weighted by molar-refractivity contribution is 9.10. The van der Waals surface area contributed by atoms with E-state index in [0.29, 0.717) is 5.56 Å². The third-order valence-electron chi connectivity index (χ3n) is 3.81. The van der Waals surface area contributed by atoms with Crippen LogP contribution in [-0.4, -0.2) is 30.3 Å². The summed E-state index contributed by atoms with van der Waals surface area (Å²) in [4.78, 5) is 26.2. The van der Waals surface area contributed by atoms with Gasteiger partial charge in [-0.15, -0.1) is 0 Å². The number of aryl methyl sites for hydroxylation is 3. The molecule has 0 spiro atoms. The van der Waals surface area contributed by atoms with Crippen molar-refractivity contribution in [2.24, 2.45) is 0 Å². The number of nitrogens with zero attached hydrogens (tertiary/aromatic N) is 1. The van der Waals surface area contributed by atoms with Crippen LogP contribution in [0.1, 0.15) is 27.0 Å². The van der Waals surface area contributed by atoms with Crippen molar-refractivity contribution < 1.29 is 9.59 Å². The van der Waals surface area contributed by atoms with Gasteiger partial charge in [-0.25, -0.2) is 0 Å². The summed E-state index contributed by atoms with van der Waals surface area (Å²) in [5, 5.41) is 2.85. The summed E-state index contributed by atoms with van der Waals surface area (Å²) in [5.41, 5.74) is 4.26. The van der Waals surface area contributed by atoms with Crippen LogP contribution in [0.15, 0.2) is 40.9 Å². The third-order valence-corrected chi connectivity index (χ3v) is 4.31. The smallest absolute Gasteiger partial charge is 0.254 e. The van der Waals surface area contributed by atoms with E-state index in [1.54, 1.807) is 7.05 Å². The van der Waals surface area contributed by atoms with Crippen LogP contribution in [-0.2, 0) is 4.79 Å². The lowest BCUT2D eigenvalue weighted by molar-refractivity contribution is -0.116. The van der Waals surface area contributed by atoms with E-state index in [0.717, 1.165) is 26.9 Å². The zero-order chi connectivity index (χ0) is 17.9. The van der Waals surface area contributed by atoms with Gasteiger partial charge in [-0.2, -0.15) is 0 Å². The van der Waals surface area contributed by atoms with Crippen molar-refractivity contribution in [1.29, 1.82) is 0 Å². The summed E-state index contributed by atoms with van der Waals surface area (Å²) in [6.45, 7) is 5.76. The number of rotatable bonds is 4. The molecule has 0 unspecified atom stereocenters. The number of halogens is 1. The van der Waals surface area contributed by atoms with Gasteiger partial charge in [0.1, 0.15) is 0 Å². The normalized spacial score (nSPS) is 10.4. The van der Waals surface area contributed by atoms with E-state index >= 15 is 0 Å². The highest BCUT2D eigenvalue weighted by Gasteiger charge is 2.17. The molecule has 24 heavy (non-hydrogen) atoms. The van der Waals surface area contributed by atoms with Crippen molar-refractivity contribution in [3.05, 3.63) is 63.1 Å². The highest BCUT2D eigenvalue weighted by Crippen LogP contribution is 2.20. The fourth-order valence-corrected chi connectivity index (χ4v) is 2.89. The van der Waals surface area contributed by atoms with Gasteiger partial charge < -0.3 is 10.2 Å². The molecule has 0 aliphatic carbocycles. The topological polar surface area (TPSA) is 49.4 Å². The van der Waals surface area contributed by atoms with Crippen LogP contribution in [0.3, 0.4) is 0 Å². The Hall–Kier alpha value is -2.14. The van der Waals surface area contributed by atoms with E-state index in [1.165, 1.54) is 4.90 Å². The molecule has 0 bridgehead atoms. The molecular formula is C19H21BrN2O2. The van der Waals surface area contributed by atoms with Crippen molar-refractivity contribution in [2.75, 3.05) is 18.9 Å². The molecule has 0 fully saturated rings. The lowest BCUT2D eigenvalue weighted by Crippen LogP contribution is -2.35. The van der Waals surface area contributed by atoms with E-state index in [4.69, 9.17) is 0 Å². The molecule has 5 heteroatoms. The van der Waals surface area contributed by atoms with Crippen LogP contribution >= 0.6 is 15.9 Å². The number of amides is 2. The van der Waals surface area contributed by atoms with Crippen LogP contribution in [0, 0.1) is 20.8 Å². The van der Waals surface area contributed by atoms with Gasteiger partial charge in [-0.1, -0.05) is 33.6 Å². The Morgan fingerprint density at radius 3 is 2.42 bits per heavy atom. The van der Waals surface area contributed by atoms with Crippen LogP contribution in [0.5, 0.6) is 0 Å². The molecule has 2 rings (SSSR count). The molecule has 0 aliphatic heterocycles. The zero-order valence-corrected chi connectivity index (χ0v) is 15.9. The first kappa shape index (κ1) is 18.2.